The molecule has 2 aromatic rings. The number of aliphatic hydroxyl groups excluding tert-OH is 1. The van der Waals surface area contributed by atoms with Crippen molar-refractivity contribution in [3.8, 4) is 0 Å². The summed E-state index contributed by atoms with van der Waals surface area (Å²) in [6.45, 7) is 0.313. The van der Waals surface area contributed by atoms with Gasteiger partial charge in [0.25, 0.3) is 10.0 Å². The summed E-state index contributed by atoms with van der Waals surface area (Å²) in [4.78, 5) is 4.58. The Labute approximate surface area is 131 Å². The van der Waals surface area contributed by atoms with E-state index in [0.717, 1.165) is 19.3 Å². The minimum absolute atomic E-state index is 0.0157. The lowest BCUT2D eigenvalue weighted by atomic mass is 9.87. The molecule has 3 rings (SSSR count). The molecule has 0 saturated heterocycles. The smallest absolute Gasteiger partial charge is 0.259 e. The first-order chi connectivity index (χ1) is 9.97. The average molecular weight is 350 g/mol. The maximum atomic E-state index is 12.4. The molecule has 2 N–H and O–H groups in total. The number of thiazole rings is 1. The van der Waals surface area contributed by atoms with E-state index in [1.807, 2.05) is 0 Å². The number of fused-ring (bicyclic) bond motifs is 1. The Balaban J connectivity index is 1.77. The Morgan fingerprint density at radius 2 is 2.33 bits per heavy atom. The first-order valence-electron chi connectivity index (χ1n) is 6.76. The summed E-state index contributed by atoms with van der Waals surface area (Å²) in [5.74, 6) is 0.160. The van der Waals surface area contributed by atoms with Crippen molar-refractivity contribution < 1.29 is 13.5 Å². The van der Waals surface area contributed by atoms with Crippen LogP contribution in [0.2, 0.25) is 5.15 Å². The van der Waals surface area contributed by atoms with Gasteiger partial charge in [-0.1, -0.05) is 18.0 Å². The summed E-state index contributed by atoms with van der Waals surface area (Å²) in [6.07, 6.45) is 4.60. The minimum atomic E-state index is -3.72. The van der Waals surface area contributed by atoms with E-state index in [1.54, 1.807) is 11.6 Å². The van der Waals surface area contributed by atoms with Gasteiger partial charge in [0.1, 0.15) is 0 Å². The first-order valence-corrected chi connectivity index (χ1v) is 9.50. The Morgan fingerprint density at radius 1 is 1.52 bits per heavy atom. The van der Waals surface area contributed by atoms with E-state index >= 15 is 0 Å². The van der Waals surface area contributed by atoms with Gasteiger partial charge in [-0.25, -0.2) is 18.1 Å². The molecule has 0 radical (unpaired) electrons. The Morgan fingerprint density at radius 3 is 3.10 bits per heavy atom. The fraction of sp³-hybridized carbons (Fsp3) is 0.583. The quantitative estimate of drug-likeness (QED) is 0.882. The molecule has 0 amide bonds. The largest absolute Gasteiger partial charge is 0.393 e. The number of imidazole rings is 1. The topological polar surface area (TPSA) is 83.7 Å². The predicted octanol–water partition coefficient (Wildman–Crippen LogP) is 1.88. The van der Waals surface area contributed by atoms with E-state index in [2.05, 4.69) is 9.71 Å². The summed E-state index contributed by atoms with van der Waals surface area (Å²) in [5, 5.41) is 11.4. The van der Waals surface area contributed by atoms with Gasteiger partial charge in [-0.3, -0.25) is 4.40 Å². The van der Waals surface area contributed by atoms with Crippen LogP contribution in [0.5, 0.6) is 0 Å². The number of nitrogens with zero attached hydrogens (tertiary/aromatic N) is 2. The molecule has 6 nitrogen and oxygen atoms in total. The van der Waals surface area contributed by atoms with Crippen molar-refractivity contribution >= 4 is 37.9 Å². The van der Waals surface area contributed by atoms with Gasteiger partial charge in [-0.2, -0.15) is 0 Å². The van der Waals surface area contributed by atoms with Gasteiger partial charge >= 0.3 is 0 Å². The lowest BCUT2D eigenvalue weighted by Crippen LogP contribution is -2.33. The van der Waals surface area contributed by atoms with Crippen molar-refractivity contribution in [2.75, 3.05) is 6.54 Å². The Kier molecular flexibility index (Phi) is 4.24. The molecule has 1 aliphatic rings. The molecular weight excluding hydrogens is 334 g/mol. The predicted molar refractivity (Wildman–Crippen MR) is 81.2 cm³/mol. The van der Waals surface area contributed by atoms with Crippen LogP contribution in [0.15, 0.2) is 16.6 Å². The van der Waals surface area contributed by atoms with Gasteiger partial charge in [0.05, 0.1) is 6.10 Å². The third-order valence-corrected chi connectivity index (χ3v) is 6.33. The molecular formula is C12H16ClN3O3S2. The highest BCUT2D eigenvalue weighted by molar-refractivity contribution is 7.89. The molecule has 9 heteroatoms. The standard InChI is InChI=1S/C12H16ClN3O3S2/c13-10-11(16-4-5-20-12(16)15-10)21(18,19)14-7-8-2-1-3-9(17)6-8/h4-5,8-9,14,17H,1-3,6-7H2. The number of hydrogen-bond acceptors (Lipinski definition) is 5. The van der Waals surface area contributed by atoms with Crippen LogP contribution in [0.1, 0.15) is 25.7 Å². The number of aromatic nitrogens is 2. The maximum absolute atomic E-state index is 12.4. The molecule has 2 atom stereocenters. The highest BCUT2D eigenvalue weighted by Gasteiger charge is 2.27. The number of halogens is 1. The van der Waals surface area contributed by atoms with Crippen molar-refractivity contribution in [1.29, 1.82) is 0 Å². The molecule has 0 bridgehead atoms. The third kappa shape index (κ3) is 3.09. The fourth-order valence-electron chi connectivity index (χ4n) is 2.72. The van der Waals surface area contributed by atoms with Gasteiger partial charge in [0, 0.05) is 18.1 Å². The van der Waals surface area contributed by atoms with Gasteiger partial charge in [0.15, 0.2) is 15.1 Å². The van der Waals surface area contributed by atoms with E-state index in [9.17, 15) is 13.5 Å². The second-order valence-corrected chi connectivity index (χ2v) is 8.21. The highest BCUT2D eigenvalue weighted by Crippen LogP contribution is 2.27. The normalized spacial score (nSPS) is 23.7. The van der Waals surface area contributed by atoms with Crippen LogP contribution in [0.4, 0.5) is 0 Å². The molecule has 2 unspecified atom stereocenters. The molecule has 1 fully saturated rings. The van der Waals surface area contributed by atoms with E-state index in [-0.39, 0.29) is 22.2 Å². The molecule has 2 heterocycles. The van der Waals surface area contributed by atoms with Crippen molar-refractivity contribution in [3.63, 3.8) is 0 Å². The van der Waals surface area contributed by atoms with Crippen LogP contribution in [0, 0.1) is 5.92 Å². The number of aliphatic hydroxyl groups is 1. The fourth-order valence-corrected chi connectivity index (χ4v) is 5.29. The monoisotopic (exact) mass is 349 g/mol. The van der Waals surface area contributed by atoms with Crippen LogP contribution in [0.3, 0.4) is 0 Å². The van der Waals surface area contributed by atoms with E-state index in [1.165, 1.54) is 15.7 Å². The van der Waals surface area contributed by atoms with E-state index in [4.69, 9.17) is 11.6 Å². The number of sulfonamides is 1. The Hall–Kier alpha value is -0.670. The zero-order valence-corrected chi connectivity index (χ0v) is 13.6. The van der Waals surface area contributed by atoms with Crippen molar-refractivity contribution in [1.82, 2.24) is 14.1 Å². The number of nitrogens with one attached hydrogen (secondary N) is 1. The lowest BCUT2D eigenvalue weighted by molar-refractivity contribution is 0.102. The van der Waals surface area contributed by atoms with Crippen LogP contribution in [-0.2, 0) is 10.0 Å². The molecule has 0 aromatic carbocycles. The zero-order chi connectivity index (χ0) is 15.0. The van der Waals surface area contributed by atoms with Crippen molar-refractivity contribution in [2.45, 2.75) is 36.8 Å². The highest BCUT2D eigenvalue weighted by atomic mass is 35.5. The van der Waals surface area contributed by atoms with Gasteiger partial charge < -0.3 is 5.11 Å². The zero-order valence-electron chi connectivity index (χ0n) is 11.2. The van der Waals surface area contributed by atoms with Crippen LogP contribution in [-0.4, -0.2) is 35.6 Å². The average Bonchev–Trinajstić information content (AvgIpc) is 2.96. The minimum Gasteiger partial charge on any atom is -0.393 e. The number of rotatable bonds is 4. The third-order valence-electron chi connectivity index (χ3n) is 3.75. The van der Waals surface area contributed by atoms with E-state index < -0.39 is 10.0 Å². The van der Waals surface area contributed by atoms with Crippen molar-refractivity contribution in [3.05, 3.63) is 16.7 Å². The number of hydrogen-bond donors (Lipinski definition) is 2. The first kappa shape index (κ1) is 15.2. The van der Waals surface area contributed by atoms with Crippen LogP contribution < -0.4 is 4.72 Å². The summed E-state index contributed by atoms with van der Waals surface area (Å²) in [6, 6.07) is 0. The molecule has 21 heavy (non-hydrogen) atoms. The molecule has 1 saturated carbocycles. The van der Waals surface area contributed by atoms with E-state index in [0.29, 0.717) is 17.9 Å². The van der Waals surface area contributed by atoms with Gasteiger partial charge in [0.2, 0.25) is 0 Å². The van der Waals surface area contributed by atoms with Gasteiger partial charge in [-0.05, 0) is 25.2 Å². The second-order valence-electron chi connectivity index (χ2n) is 5.30. The summed E-state index contributed by atoms with van der Waals surface area (Å²) >= 11 is 7.28. The van der Waals surface area contributed by atoms with Crippen LogP contribution in [0.25, 0.3) is 4.96 Å². The summed E-state index contributed by atoms with van der Waals surface area (Å²) in [5.41, 5.74) is 0. The van der Waals surface area contributed by atoms with Crippen molar-refractivity contribution in [2.24, 2.45) is 5.92 Å². The molecule has 1 aliphatic carbocycles. The second kappa shape index (κ2) is 5.85. The molecule has 0 aliphatic heterocycles. The lowest BCUT2D eigenvalue weighted by Gasteiger charge is -2.25. The summed E-state index contributed by atoms with van der Waals surface area (Å²) in [7, 11) is -3.72. The molecule has 0 spiro atoms. The molecule has 116 valence electrons. The summed E-state index contributed by atoms with van der Waals surface area (Å²) < 4.78 is 28.9. The SMILES string of the molecule is O=S(=O)(NCC1CCCC(O)C1)c1c(Cl)nc2sccn12. The van der Waals surface area contributed by atoms with Gasteiger partial charge in [-0.15, -0.1) is 11.3 Å². The maximum Gasteiger partial charge on any atom is 0.259 e. The molecule has 2 aromatic heterocycles. The Bertz CT molecular complexity index is 740. The van der Waals surface area contributed by atoms with Crippen LogP contribution >= 0.6 is 22.9 Å².